The van der Waals surface area contributed by atoms with Crippen molar-refractivity contribution >= 4 is 22.1 Å². The second-order valence-corrected chi connectivity index (χ2v) is 2.99. The fraction of sp³-hybridized carbons (Fsp3) is 0. The van der Waals surface area contributed by atoms with Crippen LogP contribution in [0.2, 0.25) is 0 Å². The summed E-state index contributed by atoms with van der Waals surface area (Å²) < 4.78 is 0. The molecule has 0 aromatic heterocycles. The molecule has 0 amide bonds. The summed E-state index contributed by atoms with van der Waals surface area (Å²) in [6.45, 7) is 0. The van der Waals surface area contributed by atoms with E-state index >= 15 is 0 Å². The van der Waals surface area contributed by atoms with Crippen LogP contribution in [0, 0.1) is 0 Å². The fourth-order valence-corrected chi connectivity index (χ4v) is 1.56. The van der Waals surface area contributed by atoms with Crippen LogP contribution in [0.5, 0.6) is 0 Å². The summed E-state index contributed by atoms with van der Waals surface area (Å²) in [5.74, 6) is 10.8. The van der Waals surface area contributed by atoms with Gasteiger partial charge in [-0.2, -0.15) is 0 Å². The second-order valence-electron chi connectivity index (χ2n) is 2.99. The number of nitrogens with two attached hydrogens (primary N) is 2. The number of nitrogens with one attached hydrogen (secondary N) is 2. The molecule has 0 spiro atoms. The molecule has 0 unspecified atom stereocenters. The Kier molecular flexibility index (Phi) is 2.22. The molecule has 14 heavy (non-hydrogen) atoms. The van der Waals surface area contributed by atoms with E-state index in [0.717, 1.165) is 22.1 Å². The average Bonchev–Trinajstić information content (AvgIpc) is 2.27. The van der Waals surface area contributed by atoms with Gasteiger partial charge >= 0.3 is 0 Å². The number of fused-ring (bicyclic) bond motifs is 1. The Hall–Kier alpha value is -1.78. The van der Waals surface area contributed by atoms with Gasteiger partial charge < -0.3 is 10.9 Å². The first-order chi connectivity index (χ1) is 6.86. The van der Waals surface area contributed by atoms with Gasteiger partial charge in [0.2, 0.25) is 0 Å². The van der Waals surface area contributed by atoms with Crippen molar-refractivity contribution in [3.8, 4) is 0 Å². The fourth-order valence-electron chi connectivity index (χ4n) is 1.56. The van der Waals surface area contributed by atoms with Gasteiger partial charge in [-0.3, -0.25) is 11.7 Å². The van der Waals surface area contributed by atoms with Crippen LogP contribution < -0.4 is 22.5 Å². The lowest BCUT2D eigenvalue weighted by atomic mass is 10.1. The van der Waals surface area contributed by atoms with Gasteiger partial charge in [0.1, 0.15) is 0 Å². The number of rotatable bonds is 2. The van der Waals surface area contributed by atoms with E-state index in [1.54, 1.807) is 0 Å². The van der Waals surface area contributed by atoms with Crippen molar-refractivity contribution in [2.45, 2.75) is 0 Å². The first-order valence-corrected chi connectivity index (χ1v) is 4.32. The molecule has 0 aliphatic heterocycles. The summed E-state index contributed by atoms with van der Waals surface area (Å²) >= 11 is 0. The topological polar surface area (TPSA) is 76.1 Å². The Labute approximate surface area is 81.8 Å². The monoisotopic (exact) mass is 188 g/mol. The molecule has 0 fully saturated rings. The summed E-state index contributed by atoms with van der Waals surface area (Å²) in [6.07, 6.45) is 0. The first-order valence-electron chi connectivity index (χ1n) is 4.32. The van der Waals surface area contributed by atoms with E-state index in [4.69, 9.17) is 11.7 Å². The number of hydrogen-bond donors (Lipinski definition) is 4. The van der Waals surface area contributed by atoms with Crippen molar-refractivity contribution in [1.29, 1.82) is 0 Å². The molecule has 0 atom stereocenters. The predicted octanol–water partition coefficient (Wildman–Crippen LogP) is 1.41. The molecule has 72 valence electrons. The molecule has 0 saturated carbocycles. The summed E-state index contributed by atoms with van der Waals surface area (Å²) in [6, 6.07) is 11.7. The predicted molar refractivity (Wildman–Crippen MR) is 59.6 cm³/mol. The molecule has 0 saturated heterocycles. The van der Waals surface area contributed by atoms with Crippen molar-refractivity contribution in [2.24, 2.45) is 11.7 Å². The lowest BCUT2D eigenvalue weighted by Crippen LogP contribution is -2.09. The highest BCUT2D eigenvalue weighted by Gasteiger charge is 2.01. The Morgan fingerprint density at radius 3 is 1.50 bits per heavy atom. The van der Waals surface area contributed by atoms with E-state index in [1.165, 1.54) is 0 Å². The van der Waals surface area contributed by atoms with E-state index < -0.39 is 0 Å². The summed E-state index contributed by atoms with van der Waals surface area (Å²) in [5, 5.41) is 2.09. The highest BCUT2D eigenvalue weighted by Crippen LogP contribution is 2.27. The zero-order valence-corrected chi connectivity index (χ0v) is 7.62. The molecule has 4 heteroatoms. The Morgan fingerprint density at radius 1 is 0.714 bits per heavy atom. The third-order valence-corrected chi connectivity index (χ3v) is 2.23. The average molecular weight is 188 g/mol. The zero-order valence-electron chi connectivity index (χ0n) is 7.62. The van der Waals surface area contributed by atoms with Gasteiger partial charge in [-0.15, -0.1) is 0 Å². The normalized spacial score (nSPS) is 10.1. The number of anilines is 2. The summed E-state index contributed by atoms with van der Waals surface area (Å²) in [4.78, 5) is 0. The molecule has 2 rings (SSSR count). The largest absolute Gasteiger partial charge is 0.324 e. The third-order valence-electron chi connectivity index (χ3n) is 2.23. The summed E-state index contributed by atoms with van der Waals surface area (Å²) in [7, 11) is 0. The number of benzene rings is 2. The first kappa shape index (κ1) is 8.80. The van der Waals surface area contributed by atoms with Gasteiger partial charge in [0.25, 0.3) is 0 Å². The molecule has 0 radical (unpaired) electrons. The van der Waals surface area contributed by atoms with Gasteiger partial charge in [0.05, 0.1) is 11.4 Å². The van der Waals surface area contributed by atoms with E-state index in [9.17, 15) is 0 Å². The van der Waals surface area contributed by atoms with Crippen LogP contribution in [0.3, 0.4) is 0 Å². The number of hydrogen-bond acceptors (Lipinski definition) is 4. The molecule has 2 aromatic rings. The quantitative estimate of drug-likeness (QED) is 0.424. The lowest BCUT2D eigenvalue weighted by molar-refractivity contribution is 1.35. The standard InChI is InChI=1S/C10H12N4/c11-13-9-5-1-3-7-8(9)4-2-6-10(7)14-12/h1-6,13-14H,11-12H2. The molecular formula is C10H12N4. The Morgan fingerprint density at radius 2 is 1.14 bits per heavy atom. The van der Waals surface area contributed by atoms with Crippen LogP contribution in [0.25, 0.3) is 10.8 Å². The van der Waals surface area contributed by atoms with Crippen LogP contribution in [0.1, 0.15) is 0 Å². The maximum atomic E-state index is 5.41. The number of nitrogen functional groups attached to an aromatic ring is 2. The minimum absolute atomic E-state index is 0.889. The molecule has 0 aliphatic rings. The number of hydrazine groups is 2. The van der Waals surface area contributed by atoms with Crippen molar-refractivity contribution in [1.82, 2.24) is 0 Å². The highest BCUT2D eigenvalue weighted by atomic mass is 15.2. The molecule has 6 N–H and O–H groups in total. The van der Waals surface area contributed by atoms with Crippen LogP contribution in [-0.4, -0.2) is 0 Å². The van der Waals surface area contributed by atoms with E-state index in [-0.39, 0.29) is 0 Å². The molecule has 4 nitrogen and oxygen atoms in total. The second kappa shape index (κ2) is 3.53. The maximum absolute atomic E-state index is 5.41. The molecular weight excluding hydrogens is 176 g/mol. The van der Waals surface area contributed by atoms with E-state index in [1.807, 2.05) is 36.4 Å². The third kappa shape index (κ3) is 1.26. The van der Waals surface area contributed by atoms with Gasteiger partial charge in [-0.05, 0) is 12.1 Å². The summed E-state index contributed by atoms with van der Waals surface area (Å²) in [5.41, 5.74) is 7.08. The molecule has 0 bridgehead atoms. The molecule has 0 heterocycles. The Bertz CT molecular complexity index is 410. The zero-order chi connectivity index (χ0) is 9.97. The van der Waals surface area contributed by atoms with Crippen LogP contribution >= 0.6 is 0 Å². The van der Waals surface area contributed by atoms with Gasteiger partial charge in [0.15, 0.2) is 0 Å². The van der Waals surface area contributed by atoms with Gasteiger partial charge in [-0.25, -0.2) is 0 Å². The van der Waals surface area contributed by atoms with Crippen LogP contribution in [-0.2, 0) is 0 Å². The van der Waals surface area contributed by atoms with Crippen molar-refractivity contribution in [2.75, 3.05) is 10.9 Å². The van der Waals surface area contributed by atoms with Crippen molar-refractivity contribution in [3.63, 3.8) is 0 Å². The van der Waals surface area contributed by atoms with Crippen molar-refractivity contribution < 1.29 is 0 Å². The molecule has 0 aliphatic carbocycles. The SMILES string of the molecule is NNc1cccc2c(NN)cccc12. The van der Waals surface area contributed by atoms with Gasteiger partial charge in [-0.1, -0.05) is 24.3 Å². The van der Waals surface area contributed by atoms with Crippen LogP contribution in [0.4, 0.5) is 11.4 Å². The highest BCUT2D eigenvalue weighted by molar-refractivity contribution is 6.01. The Balaban J connectivity index is 2.77. The van der Waals surface area contributed by atoms with Crippen LogP contribution in [0.15, 0.2) is 36.4 Å². The smallest absolute Gasteiger partial charge is 0.0564 e. The molecule has 2 aromatic carbocycles. The minimum Gasteiger partial charge on any atom is -0.324 e. The van der Waals surface area contributed by atoms with E-state index in [0.29, 0.717) is 0 Å². The van der Waals surface area contributed by atoms with Crippen molar-refractivity contribution in [3.05, 3.63) is 36.4 Å². The lowest BCUT2D eigenvalue weighted by Gasteiger charge is -2.08. The van der Waals surface area contributed by atoms with E-state index in [2.05, 4.69) is 10.9 Å². The minimum atomic E-state index is 0.889. The maximum Gasteiger partial charge on any atom is 0.0564 e. The van der Waals surface area contributed by atoms with Gasteiger partial charge in [0, 0.05) is 10.8 Å².